The summed E-state index contributed by atoms with van der Waals surface area (Å²) in [6.07, 6.45) is 6.68. The normalized spacial score (nSPS) is 12.9. The summed E-state index contributed by atoms with van der Waals surface area (Å²) in [6.45, 7) is 21.1. The van der Waals surface area contributed by atoms with E-state index in [1.165, 1.54) is 51.7 Å². The van der Waals surface area contributed by atoms with Gasteiger partial charge in [0.1, 0.15) is 0 Å². The van der Waals surface area contributed by atoms with Crippen LogP contribution in [-0.2, 0) is 0 Å². The maximum atomic E-state index is 3.58. The van der Waals surface area contributed by atoms with Crippen LogP contribution in [0.2, 0.25) is 0 Å². The van der Waals surface area contributed by atoms with Gasteiger partial charge in [-0.1, -0.05) is 34.1 Å². The molecule has 0 aromatic carbocycles. The number of rotatable bonds is 12. The maximum absolute atomic E-state index is 3.58. The lowest BCUT2D eigenvalue weighted by Crippen LogP contribution is -2.36. The average molecular weight is 299 g/mol. The molecule has 0 aromatic heterocycles. The molecular weight excluding hydrogens is 256 g/mol. The fraction of sp³-hybridized carbons (Fsp3) is 1.00. The van der Waals surface area contributed by atoms with E-state index in [0.717, 1.165) is 18.4 Å². The molecule has 2 heteroatoms. The van der Waals surface area contributed by atoms with Crippen molar-refractivity contribution in [1.29, 1.82) is 0 Å². The Morgan fingerprint density at radius 1 is 0.762 bits per heavy atom. The molecule has 0 bridgehead atoms. The van der Waals surface area contributed by atoms with Gasteiger partial charge in [-0.2, -0.15) is 0 Å². The third-order valence-electron chi connectivity index (χ3n) is 3.85. The highest BCUT2D eigenvalue weighted by atomic mass is 15.1. The molecule has 0 amide bonds. The summed E-state index contributed by atoms with van der Waals surface area (Å²) in [5.41, 5.74) is 0.264. The summed E-state index contributed by atoms with van der Waals surface area (Å²) in [4.78, 5) is 2.69. The number of hydrogen-bond donors (Lipinski definition) is 1. The van der Waals surface area contributed by atoms with Crippen LogP contribution in [0.4, 0.5) is 0 Å². The molecule has 0 aliphatic heterocycles. The van der Waals surface area contributed by atoms with Gasteiger partial charge in [0.15, 0.2) is 0 Å². The van der Waals surface area contributed by atoms with E-state index in [2.05, 4.69) is 58.7 Å². The average Bonchev–Trinajstić information content (AvgIpc) is 2.33. The molecule has 0 atom stereocenters. The van der Waals surface area contributed by atoms with Gasteiger partial charge in [0.25, 0.3) is 0 Å². The molecule has 0 heterocycles. The Balaban J connectivity index is 3.78. The Kier molecular flexibility index (Phi) is 11.4. The van der Waals surface area contributed by atoms with Gasteiger partial charge in [-0.25, -0.2) is 0 Å². The van der Waals surface area contributed by atoms with Gasteiger partial charge in [0.05, 0.1) is 0 Å². The van der Waals surface area contributed by atoms with Gasteiger partial charge >= 0.3 is 0 Å². The van der Waals surface area contributed by atoms with Crippen molar-refractivity contribution in [1.82, 2.24) is 10.2 Å². The van der Waals surface area contributed by atoms with Crippen LogP contribution in [0.1, 0.15) is 80.6 Å². The van der Waals surface area contributed by atoms with E-state index in [0.29, 0.717) is 0 Å². The Morgan fingerprint density at radius 3 is 1.71 bits per heavy atom. The first-order chi connectivity index (χ1) is 9.70. The summed E-state index contributed by atoms with van der Waals surface area (Å²) >= 11 is 0. The molecule has 0 unspecified atom stereocenters. The Labute approximate surface area is 135 Å². The first-order valence-electron chi connectivity index (χ1n) is 9.18. The van der Waals surface area contributed by atoms with Crippen molar-refractivity contribution in [3.63, 3.8) is 0 Å². The van der Waals surface area contributed by atoms with Crippen LogP contribution in [0.5, 0.6) is 0 Å². The minimum absolute atomic E-state index is 0.264. The van der Waals surface area contributed by atoms with E-state index < -0.39 is 0 Å². The molecule has 128 valence electrons. The highest BCUT2D eigenvalue weighted by Gasteiger charge is 2.09. The largest absolute Gasteiger partial charge is 0.312 e. The van der Waals surface area contributed by atoms with Gasteiger partial charge < -0.3 is 10.2 Å². The standard InChI is InChI=1S/C19H42N2/c1-17(2)11-15-21(16-12-18(3)4)14-10-8-9-13-20-19(5,6)7/h17-18,20H,8-16H2,1-7H3. The van der Waals surface area contributed by atoms with Gasteiger partial charge in [-0.15, -0.1) is 0 Å². The number of unbranched alkanes of at least 4 members (excludes halogenated alkanes) is 2. The van der Waals surface area contributed by atoms with Crippen molar-refractivity contribution >= 4 is 0 Å². The second-order valence-electron chi connectivity index (χ2n) is 8.44. The summed E-state index contributed by atoms with van der Waals surface area (Å²) < 4.78 is 0. The number of nitrogens with zero attached hydrogens (tertiary/aromatic N) is 1. The van der Waals surface area contributed by atoms with E-state index in [1.807, 2.05) is 0 Å². The van der Waals surface area contributed by atoms with Gasteiger partial charge in [-0.3, -0.25) is 0 Å². The summed E-state index contributed by atoms with van der Waals surface area (Å²) in [6, 6.07) is 0. The molecule has 21 heavy (non-hydrogen) atoms. The maximum Gasteiger partial charge on any atom is 0.00965 e. The smallest absolute Gasteiger partial charge is 0.00965 e. The zero-order valence-corrected chi connectivity index (χ0v) is 16.0. The van der Waals surface area contributed by atoms with E-state index in [9.17, 15) is 0 Å². The van der Waals surface area contributed by atoms with Crippen LogP contribution < -0.4 is 5.32 Å². The first-order valence-corrected chi connectivity index (χ1v) is 9.18. The highest BCUT2D eigenvalue weighted by Crippen LogP contribution is 2.08. The van der Waals surface area contributed by atoms with Gasteiger partial charge in [0, 0.05) is 5.54 Å². The van der Waals surface area contributed by atoms with Crippen molar-refractivity contribution in [3.8, 4) is 0 Å². The van der Waals surface area contributed by atoms with E-state index in [1.54, 1.807) is 0 Å². The minimum Gasteiger partial charge on any atom is -0.312 e. The Bertz CT molecular complexity index is 216. The third kappa shape index (κ3) is 16.1. The van der Waals surface area contributed by atoms with Crippen LogP contribution in [0, 0.1) is 11.8 Å². The molecule has 0 spiro atoms. The molecule has 0 saturated carbocycles. The molecule has 0 aliphatic carbocycles. The topological polar surface area (TPSA) is 15.3 Å². The fourth-order valence-corrected chi connectivity index (χ4v) is 2.32. The van der Waals surface area contributed by atoms with Crippen molar-refractivity contribution in [2.24, 2.45) is 11.8 Å². The molecule has 0 fully saturated rings. The second kappa shape index (κ2) is 11.5. The molecule has 0 saturated heterocycles. The van der Waals surface area contributed by atoms with Crippen LogP contribution in [0.25, 0.3) is 0 Å². The number of hydrogen-bond acceptors (Lipinski definition) is 2. The zero-order valence-electron chi connectivity index (χ0n) is 16.0. The van der Waals surface area contributed by atoms with Crippen LogP contribution in [0.15, 0.2) is 0 Å². The monoisotopic (exact) mass is 298 g/mol. The van der Waals surface area contributed by atoms with E-state index in [-0.39, 0.29) is 5.54 Å². The van der Waals surface area contributed by atoms with Crippen molar-refractivity contribution in [2.75, 3.05) is 26.2 Å². The van der Waals surface area contributed by atoms with E-state index >= 15 is 0 Å². The van der Waals surface area contributed by atoms with Crippen molar-refractivity contribution < 1.29 is 0 Å². The van der Waals surface area contributed by atoms with Gasteiger partial charge in [0.2, 0.25) is 0 Å². The number of nitrogens with one attached hydrogen (secondary N) is 1. The zero-order chi connectivity index (χ0) is 16.3. The lowest BCUT2D eigenvalue weighted by Gasteiger charge is -2.24. The fourth-order valence-electron chi connectivity index (χ4n) is 2.32. The van der Waals surface area contributed by atoms with Crippen LogP contribution in [-0.4, -0.2) is 36.6 Å². The van der Waals surface area contributed by atoms with Gasteiger partial charge in [-0.05, 0) is 84.5 Å². The first kappa shape index (κ1) is 20.9. The third-order valence-corrected chi connectivity index (χ3v) is 3.85. The van der Waals surface area contributed by atoms with Crippen LogP contribution in [0.3, 0.4) is 0 Å². The molecule has 0 radical (unpaired) electrons. The molecule has 2 nitrogen and oxygen atoms in total. The highest BCUT2D eigenvalue weighted by molar-refractivity contribution is 4.69. The van der Waals surface area contributed by atoms with Crippen LogP contribution >= 0.6 is 0 Å². The van der Waals surface area contributed by atoms with Crippen molar-refractivity contribution in [3.05, 3.63) is 0 Å². The van der Waals surface area contributed by atoms with Crippen molar-refractivity contribution in [2.45, 2.75) is 86.1 Å². The SMILES string of the molecule is CC(C)CCN(CCCCCNC(C)(C)C)CCC(C)C. The lowest BCUT2D eigenvalue weighted by molar-refractivity contribution is 0.238. The molecule has 0 aliphatic rings. The molecule has 1 N–H and O–H groups in total. The predicted molar refractivity (Wildman–Crippen MR) is 97.0 cm³/mol. The van der Waals surface area contributed by atoms with E-state index in [4.69, 9.17) is 0 Å². The molecule has 0 rings (SSSR count). The Morgan fingerprint density at radius 2 is 1.29 bits per heavy atom. The minimum atomic E-state index is 0.264. The summed E-state index contributed by atoms with van der Waals surface area (Å²) in [5, 5.41) is 3.58. The predicted octanol–water partition coefficient (Wildman–Crippen LogP) is 4.94. The summed E-state index contributed by atoms with van der Waals surface area (Å²) in [5.74, 6) is 1.64. The second-order valence-corrected chi connectivity index (χ2v) is 8.44. The molecule has 0 aromatic rings. The quantitative estimate of drug-likeness (QED) is 0.513. The molecular formula is C19H42N2. The lowest BCUT2D eigenvalue weighted by atomic mass is 10.1. The Hall–Kier alpha value is -0.0800. The summed E-state index contributed by atoms with van der Waals surface area (Å²) in [7, 11) is 0.